The molecule has 11 heavy (non-hydrogen) atoms. The molecular weight excluding hydrogens is 208 g/mol. The van der Waals surface area contributed by atoms with Crippen molar-refractivity contribution in [1.82, 2.24) is 0 Å². The van der Waals surface area contributed by atoms with E-state index in [1.807, 2.05) is 0 Å². The topological polar surface area (TPSA) is 40.5 Å². The summed E-state index contributed by atoms with van der Waals surface area (Å²) in [6, 6.07) is 1.73. The van der Waals surface area contributed by atoms with Gasteiger partial charge in [0.1, 0.15) is 16.0 Å². The quantitative estimate of drug-likeness (QED) is 0.700. The second kappa shape index (κ2) is 2.74. The van der Waals surface area contributed by atoms with Crippen molar-refractivity contribution in [2.45, 2.75) is 13.8 Å². The highest BCUT2D eigenvalue weighted by molar-refractivity contribution is 9.10. The number of hydrogen-bond acceptors (Lipinski definition) is 2. The predicted octanol–water partition coefficient (Wildman–Crippen LogP) is 2.48. The first kappa shape index (κ1) is 8.40. The number of phenolic OH excluding ortho intramolecular Hbond substituents is 2. The molecule has 0 aliphatic heterocycles. The average Bonchev–Trinajstić information content (AvgIpc) is 1.97. The molecular formula is C8H9BrO2. The van der Waals surface area contributed by atoms with Crippen LogP contribution in [0.2, 0.25) is 0 Å². The fraction of sp³-hybridized carbons (Fsp3) is 0.250. The van der Waals surface area contributed by atoms with Crippen LogP contribution in [0.3, 0.4) is 0 Å². The molecule has 1 rings (SSSR count). The van der Waals surface area contributed by atoms with E-state index in [9.17, 15) is 10.2 Å². The minimum Gasteiger partial charge on any atom is -0.506 e. The van der Waals surface area contributed by atoms with Crippen LogP contribution < -0.4 is 0 Å². The summed E-state index contributed by atoms with van der Waals surface area (Å²) in [7, 11) is 0. The van der Waals surface area contributed by atoms with E-state index >= 15 is 0 Å². The molecule has 3 heteroatoms. The van der Waals surface area contributed by atoms with Gasteiger partial charge in [-0.05, 0) is 47.0 Å². The van der Waals surface area contributed by atoms with Gasteiger partial charge in [-0.3, -0.25) is 0 Å². The Morgan fingerprint density at radius 2 is 1.45 bits per heavy atom. The van der Waals surface area contributed by atoms with Crippen molar-refractivity contribution in [2.24, 2.45) is 0 Å². The van der Waals surface area contributed by atoms with Crippen LogP contribution in [0.1, 0.15) is 11.1 Å². The molecule has 0 aliphatic rings. The van der Waals surface area contributed by atoms with Crippen molar-refractivity contribution >= 4 is 15.9 Å². The Morgan fingerprint density at radius 3 is 1.82 bits per heavy atom. The summed E-state index contributed by atoms with van der Waals surface area (Å²) >= 11 is 3.08. The van der Waals surface area contributed by atoms with Crippen LogP contribution in [-0.2, 0) is 0 Å². The Hall–Kier alpha value is -0.700. The standard InChI is InChI=1S/C8H9BrO2/c1-4-3-5(2)8(11)6(9)7(4)10/h3,10-11H,1-2H3. The highest BCUT2D eigenvalue weighted by Gasteiger charge is 2.09. The Morgan fingerprint density at radius 1 is 1.09 bits per heavy atom. The van der Waals surface area contributed by atoms with E-state index in [2.05, 4.69) is 15.9 Å². The normalized spacial score (nSPS) is 10.1. The monoisotopic (exact) mass is 216 g/mol. The van der Waals surface area contributed by atoms with Gasteiger partial charge in [0.05, 0.1) is 0 Å². The zero-order valence-corrected chi connectivity index (χ0v) is 7.94. The summed E-state index contributed by atoms with van der Waals surface area (Å²) in [5.41, 5.74) is 1.51. The van der Waals surface area contributed by atoms with Crippen LogP contribution in [0.5, 0.6) is 11.5 Å². The van der Waals surface area contributed by atoms with Crippen LogP contribution in [-0.4, -0.2) is 10.2 Å². The summed E-state index contributed by atoms with van der Waals surface area (Å²) in [6.07, 6.45) is 0. The van der Waals surface area contributed by atoms with E-state index in [0.29, 0.717) is 4.47 Å². The fourth-order valence-electron chi connectivity index (χ4n) is 0.920. The van der Waals surface area contributed by atoms with Crippen LogP contribution in [0.4, 0.5) is 0 Å². The minimum absolute atomic E-state index is 0.105. The first-order chi connectivity index (χ1) is 5.04. The lowest BCUT2D eigenvalue weighted by Crippen LogP contribution is -1.81. The summed E-state index contributed by atoms with van der Waals surface area (Å²) in [6.45, 7) is 3.57. The number of aromatic hydroxyl groups is 2. The van der Waals surface area contributed by atoms with E-state index in [1.54, 1.807) is 19.9 Å². The average molecular weight is 217 g/mol. The van der Waals surface area contributed by atoms with Gasteiger partial charge in [-0.2, -0.15) is 0 Å². The molecule has 0 heterocycles. The molecule has 0 atom stereocenters. The lowest BCUT2D eigenvalue weighted by Gasteiger charge is -2.06. The van der Waals surface area contributed by atoms with Crippen molar-refractivity contribution in [3.63, 3.8) is 0 Å². The van der Waals surface area contributed by atoms with Crippen molar-refractivity contribution in [3.8, 4) is 11.5 Å². The van der Waals surface area contributed by atoms with E-state index in [1.165, 1.54) is 0 Å². The smallest absolute Gasteiger partial charge is 0.136 e. The maximum atomic E-state index is 9.30. The third-order valence-corrected chi connectivity index (χ3v) is 2.35. The van der Waals surface area contributed by atoms with Gasteiger partial charge in [-0.25, -0.2) is 0 Å². The Bertz CT molecular complexity index is 268. The molecule has 0 aliphatic carbocycles. The minimum atomic E-state index is 0.105. The highest BCUT2D eigenvalue weighted by atomic mass is 79.9. The molecule has 0 fully saturated rings. The van der Waals surface area contributed by atoms with Gasteiger partial charge < -0.3 is 10.2 Å². The number of halogens is 1. The molecule has 1 aromatic carbocycles. The number of aryl methyl sites for hydroxylation is 2. The molecule has 0 bridgehead atoms. The molecule has 0 saturated carbocycles. The van der Waals surface area contributed by atoms with Crippen LogP contribution in [0.25, 0.3) is 0 Å². The fourth-order valence-corrected chi connectivity index (χ4v) is 1.55. The molecule has 0 spiro atoms. The molecule has 2 N–H and O–H groups in total. The van der Waals surface area contributed by atoms with Gasteiger partial charge in [0, 0.05) is 0 Å². The SMILES string of the molecule is Cc1cc(C)c(O)c(Br)c1O. The van der Waals surface area contributed by atoms with Gasteiger partial charge in [-0.1, -0.05) is 0 Å². The lowest BCUT2D eigenvalue weighted by atomic mass is 10.1. The van der Waals surface area contributed by atoms with Crippen molar-refractivity contribution in [3.05, 3.63) is 21.7 Å². The Labute approximate surface area is 73.6 Å². The summed E-state index contributed by atoms with van der Waals surface area (Å²) in [5.74, 6) is 0.209. The molecule has 0 saturated heterocycles. The van der Waals surface area contributed by atoms with Crippen molar-refractivity contribution in [2.75, 3.05) is 0 Å². The lowest BCUT2D eigenvalue weighted by molar-refractivity contribution is 0.439. The number of rotatable bonds is 0. The first-order valence-electron chi connectivity index (χ1n) is 3.21. The van der Waals surface area contributed by atoms with E-state index in [0.717, 1.165) is 11.1 Å². The maximum absolute atomic E-state index is 9.30. The number of benzene rings is 1. The number of hydrogen-bond donors (Lipinski definition) is 2. The highest BCUT2D eigenvalue weighted by Crippen LogP contribution is 2.37. The molecule has 60 valence electrons. The predicted molar refractivity (Wildman–Crippen MR) is 46.9 cm³/mol. The molecule has 2 nitrogen and oxygen atoms in total. The van der Waals surface area contributed by atoms with E-state index in [-0.39, 0.29) is 11.5 Å². The van der Waals surface area contributed by atoms with Crippen LogP contribution in [0, 0.1) is 13.8 Å². The third kappa shape index (κ3) is 1.33. The Balaban J connectivity index is 3.46. The molecule has 0 aromatic heterocycles. The molecule has 0 unspecified atom stereocenters. The van der Waals surface area contributed by atoms with Gasteiger partial charge in [0.25, 0.3) is 0 Å². The first-order valence-corrected chi connectivity index (χ1v) is 4.01. The van der Waals surface area contributed by atoms with Gasteiger partial charge in [0.15, 0.2) is 0 Å². The maximum Gasteiger partial charge on any atom is 0.136 e. The van der Waals surface area contributed by atoms with Crippen molar-refractivity contribution < 1.29 is 10.2 Å². The number of phenols is 2. The van der Waals surface area contributed by atoms with Crippen molar-refractivity contribution in [1.29, 1.82) is 0 Å². The molecule has 0 radical (unpaired) electrons. The van der Waals surface area contributed by atoms with Crippen LogP contribution in [0.15, 0.2) is 10.5 Å². The molecule has 1 aromatic rings. The Kier molecular flexibility index (Phi) is 2.09. The van der Waals surface area contributed by atoms with E-state index in [4.69, 9.17) is 0 Å². The van der Waals surface area contributed by atoms with Gasteiger partial charge >= 0.3 is 0 Å². The third-order valence-electron chi connectivity index (χ3n) is 1.60. The zero-order valence-electron chi connectivity index (χ0n) is 6.35. The van der Waals surface area contributed by atoms with Crippen LogP contribution >= 0.6 is 15.9 Å². The van der Waals surface area contributed by atoms with E-state index < -0.39 is 0 Å². The second-order valence-corrected chi connectivity index (χ2v) is 3.31. The second-order valence-electron chi connectivity index (χ2n) is 2.52. The zero-order chi connectivity index (χ0) is 8.59. The largest absolute Gasteiger partial charge is 0.506 e. The van der Waals surface area contributed by atoms with Gasteiger partial charge in [0.2, 0.25) is 0 Å². The summed E-state index contributed by atoms with van der Waals surface area (Å²) in [4.78, 5) is 0. The molecule has 0 amide bonds. The summed E-state index contributed by atoms with van der Waals surface area (Å²) in [5, 5.41) is 18.6. The van der Waals surface area contributed by atoms with Gasteiger partial charge in [-0.15, -0.1) is 0 Å². The summed E-state index contributed by atoms with van der Waals surface area (Å²) < 4.78 is 0.370.